The van der Waals surface area contributed by atoms with Crippen molar-refractivity contribution in [2.75, 3.05) is 11.9 Å². The predicted octanol–water partition coefficient (Wildman–Crippen LogP) is 6.63. The molecule has 3 N–H and O–H groups in total. The second kappa shape index (κ2) is 9.58. The fourth-order valence-electron chi connectivity index (χ4n) is 6.13. The van der Waals surface area contributed by atoms with E-state index in [4.69, 9.17) is 23.2 Å². The lowest BCUT2D eigenvalue weighted by Gasteiger charge is -2.38. The average molecular weight is 558 g/mol. The number of rotatable bonds is 4. The van der Waals surface area contributed by atoms with Gasteiger partial charge in [-0.15, -0.1) is 0 Å². The van der Waals surface area contributed by atoms with Crippen LogP contribution in [-0.2, 0) is 10.2 Å². The van der Waals surface area contributed by atoms with Crippen molar-refractivity contribution in [2.24, 2.45) is 11.3 Å². The summed E-state index contributed by atoms with van der Waals surface area (Å²) in [5, 5.41) is 13.3. The van der Waals surface area contributed by atoms with E-state index in [-0.39, 0.29) is 34.4 Å². The number of carbonyl (C=O) groups is 2. The van der Waals surface area contributed by atoms with Gasteiger partial charge in [0.25, 0.3) is 0 Å². The second-order valence-electron chi connectivity index (χ2n) is 11.3. The molecule has 1 saturated heterocycles. The van der Waals surface area contributed by atoms with Crippen molar-refractivity contribution >= 4 is 40.8 Å². The van der Waals surface area contributed by atoms with Crippen LogP contribution in [0.15, 0.2) is 48.7 Å². The fraction of sp³-hybridized carbons (Fsp3) is 0.393. The van der Waals surface area contributed by atoms with Gasteiger partial charge in [0, 0.05) is 29.0 Å². The summed E-state index contributed by atoms with van der Waals surface area (Å²) in [7, 11) is 0. The molecule has 5 rings (SSSR count). The van der Waals surface area contributed by atoms with Gasteiger partial charge in [0.2, 0.25) is 5.91 Å². The number of nitrogens with zero attached hydrogens (tertiary/aromatic N) is 2. The summed E-state index contributed by atoms with van der Waals surface area (Å²) in [4.78, 5) is 29.6. The SMILES string of the molecule is CC(NC(=O)N1C[C@@H](CC(C)(C)C)[C@@]2(C(=O)Nc3cc(Cl)ccc32)[C@H]1c1cccc(Cl)c1F)c1cc[nH]n1. The van der Waals surface area contributed by atoms with Crippen molar-refractivity contribution in [3.63, 3.8) is 0 Å². The number of hydrogen-bond donors (Lipinski definition) is 3. The molecule has 3 amide bonds. The zero-order valence-electron chi connectivity index (χ0n) is 21.6. The highest BCUT2D eigenvalue weighted by Gasteiger charge is 2.65. The molecule has 38 heavy (non-hydrogen) atoms. The lowest BCUT2D eigenvalue weighted by molar-refractivity contribution is -0.123. The Morgan fingerprint density at radius 1 is 1.26 bits per heavy atom. The first-order valence-electron chi connectivity index (χ1n) is 12.6. The third-order valence-electron chi connectivity index (χ3n) is 7.56. The van der Waals surface area contributed by atoms with E-state index in [0.717, 1.165) is 0 Å². The molecule has 0 aliphatic carbocycles. The van der Waals surface area contributed by atoms with E-state index in [1.165, 1.54) is 6.07 Å². The standard InChI is InChI=1S/C28H30Cl2FN5O2/c1-15(21-10-11-32-35-21)33-26(38)36-14-16(13-27(2,3)4)28(24(36)18-6-5-7-20(30)23(18)31)19-9-8-17(29)12-22(19)34-25(28)37/h5-12,15-16,24H,13-14H2,1-4H3,(H,32,35)(H,33,38)(H,34,37)/t15?,16-,24-,28+/m1/s1. The van der Waals surface area contributed by atoms with Crippen LogP contribution in [0.2, 0.25) is 10.0 Å². The molecule has 3 heterocycles. The molecule has 0 saturated carbocycles. The third-order valence-corrected chi connectivity index (χ3v) is 8.08. The molecule has 0 radical (unpaired) electrons. The summed E-state index contributed by atoms with van der Waals surface area (Å²) in [6.07, 6.45) is 2.29. The summed E-state index contributed by atoms with van der Waals surface area (Å²) in [6.45, 7) is 8.33. The third kappa shape index (κ3) is 4.33. The van der Waals surface area contributed by atoms with E-state index < -0.39 is 29.3 Å². The maximum absolute atomic E-state index is 15.8. The highest BCUT2D eigenvalue weighted by molar-refractivity contribution is 6.31. The Hall–Kier alpha value is -3.10. The van der Waals surface area contributed by atoms with Crippen LogP contribution in [0.25, 0.3) is 0 Å². The van der Waals surface area contributed by atoms with E-state index in [9.17, 15) is 9.59 Å². The molecule has 2 aliphatic rings. The van der Waals surface area contributed by atoms with Gasteiger partial charge < -0.3 is 15.5 Å². The van der Waals surface area contributed by atoms with E-state index in [1.54, 1.807) is 41.4 Å². The van der Waals surface area contributed by atoms with Crippen LogP contribution in [-0.4, -0.2) is 33.6 Å². The summed E-state index contributed by atoms with van der Waals surface area (Å²) in [5.41, 5.74) is 0.671. The minimum absolute atomic E-state index is 0.0723. The van der Waals surface area contributed by atoms with Gasteiger partial charge in [0.05, 0.1) is 22.8 Å². The number of fused-ring (bicyclic) bond motifs is 2. The van der Waals surface area contributed by atoms with E-state index in [0.29, 0.717) is 28.4 Å². The van der Waals surface area contributed by atoms with Crippen molar-refractivity contribution < 1.29 is 14.0 Å². The van der Waals surface area contributed by atoms with Gasteiger partial charge in [0.1, 0.15) is 11.2 Å². The van der Waals surface area contributed by atoms with E-state index in [2.05, 4.69) is 41.6 Å². The number of aromatic amines is 1. The smallest absolute Gasteiger partial charge is 0.318 e. The van der Waals surface area contributed by atoms with Crippen LogP contribution in [0.4, 0.5) is 14.9 Å². The molecule has 7 nitrogen and oxygen atoms in total. The number of H-pyrrole nitrogens is 1. The van der Waals surface area contributed by atoms with Crippen LogP contribution in [0.3, 0.4) is 0 Å². The van der Waals surface area contributed by atoms with Crippen molar-refractivity contribution in [2.45, 2.75) is 51.6 Å². The fourth-order valence-corrected chi connectivity index (χ4v) is 6.48. The van der Waals surface area contributed by atoms with Crippen LogP contribution in [0.5, 0.6) is 0 Å². The van der Waals surface area contributed by atoms with E-state index >= 15 is 4.39 Å². The number of carbonyl (C=O) groups excluding carboxylic acids is 2. The monoisotopic (exact) mass is 557 g/mol. The van der Waals surface area contributed by atoms with Crippen molar-refractivity contribution in [3.05, 3.63) is 81.3 Å². The number of nitrogens with one attached hydrogen (secondary N) is 3. The van der Waals surface area contributed by atoms with Crippen molar-refractivity contribution in [1.82, 2.24) is 20.4 Å². The molecule has 4 atom stereocenters. The van der Waals surface area contributed by atoms with Crippen molar-refractivity contribution in [1.29, 1.82) is 0 Å². The van der Waals surface area contributed by atoms with Crippen LogP contribution < -0.4 is 10.6 Å². The molecule has 0 bridgehead atoms. The number of halogens is 3. The quantitative estimate of drug-likeness (QED) is 0.336. The molecule has 1 aromatic heterocycles. The zero-order valence-corrected chi connectivity index (χ0v) is 23.1. The largest absolute Gasteiger partial charge is 0.330 e. The predicted molar refractivity (Wildman–Crippen MR) is 146 cm³/mol. The first-order valence-corrected chi connectivity index (χ1v) is 13.3. The van der Waals surface area contributed by atoms with Crippen LogP contribution in [0, 0.1) is 17.2 Å². The minimum atomic E-state index is -1.26. The molecule has 2 aliphatic heterocycles. The normalized spacial score (nSPS) is 23.4. The van der Waals surface area contributed by atoms with Gasteiger partial charge in [-0.25, -0.2) is 9.18 Å². The van der Waals surface area contributed by atoms with Gasteiger partial charge in [-0.05, 0) is 54.5 Å². The highest BCUT2D eigenvalue weighted by Crippen LogP contribution is 2.60. The molecule has 200 valence electrons. The van der Waals surface area contributed by atoms with Gasteiger partial charge in [-0.2, -0.15) is 5.10 Å². The van der Waals surface area contributed by atoms with Gasteiger partial charge >= 0.3 is 6.03 Å². The second-order valence-corrected chi connectivity index (χ2v) is 12.2. The number of benzene rings is 2. The topological polar surface area (TPSA) is 90.1 Å². The lowest BCUT2D eigenvalue weighted by atomic mass is 9.63. The Balaban J connectivity index is 1.71. The molecular weight excluding hydrogens is 528 g/mol. The van der Waals surface area contributed by atoms with Gasteiger partial charge in [0.15, 0.2) is 0 Å². The van der Waals surface area contributed by atoms with Crippen LogP contribution in [0.1, 0.15) is 63.0 Å². The Morgan fingerprint density at radius 3 is 2.71 bits per heavy atom. The zero-order chi connectivity index (χ0) is 27.4. The lowest BCUT2D eigenvalue weighted by Crippen LogP contribution is -2.48. The number of hydrogen-bond acceptors (Lipinski definition) is 3. The molecule has 2 aromatic carbocycles. The Morgan fingerprint density at radius 2 is 2.03 bits per heavy atom. The maximum Gasteiger partial charge on any atom is 0.318 e. The number of urea groups is 1. The number of anilines is 1. The van der Waals surface area contributed by atoms with Gasteiger partial charge in [-0.1, -0.05) is 62.2 Å². The van der Waals surface area contributed by atoms with Gasteiger partial charge in [-0.3, -0.25) is 9.89 Å². The summed E-state index contributed by atoms with van der Waals surface area (Å²) >= 11 is 12.5. The molecule has 1 fully saturated rings. The number of amides is 3. The molecule has 1 spiro atoms. The Labute approximate surface area is 231 Å². The van der Waals surface area contributed by atoms with Crippen LogP contribution >= 0.6 is 23.2 Å². The number of aromatic nitrogens is 2. The highest BCUT2D eigenvalue weighted by atomic mass is 35.5. The molecular formula is C28H30Cl2FN5O2. The molecule has 10 heteroatoms. The first kappa shape index (κ1) is 26.5. The molecule has 3 aromatic rings. The summed E-state index contributed by atoms with van der Waals surface area (Å²) < 4.78 is 15.8. The summed E-state index contributed by atoms with van der Waals surface area (Å²) in [6, 6.07) is 9.93. The molecule has 1 unspecified atom stereocenters. The Bertz CT molecular complexity index is 1390. The minimum Gasteiger partial charge on any atom is -0.330 e. The Kier molecular flexibility index (Phi) is 6.68. The maximum atomic E-state index is 15.8. The first-order chi connectivity index (χ1) is 17.9. The summed E-state index contributed by atoms with van der Waals surface area (Å²) in [5.74, 6) is -1.26. The van der Waals surface area contributed by atoms with Crippen molar-refractivity contribution in [3.8, 4) is 0 Å². The van der Waals surface area contributed by atoms with E-state index in [1.807, 2.05) is 13.0 Å². The number of likely N-dealkylation sites (tertiary alicyclic amines) is 1. The average Bonchev–Trinajstić information content (AvgIpc) is 3.54.